The Bertz CT molecular complexity index is 653. The lowest BCUT2D eigenvalue weighted by molar-refractivity contribution is 0.547. The predicted molar refractivity (Wildman–Crippen MR) is 87.7 cm³/mol. The second kappa shape index (κ2) is 5.97. The lowest BCUT2D eigenvalue weighted by Crippen LogP contribution is -2.17. The Balaban J connectivity index is 2.36. The first kappa shape index (κ1) is 15.7. The lowest BCUT2D eigenvalue weighted by Gasteiger charge is -2.19. The average molecular weight is 353 g/mol. The van der Waals surface area contributed by atoms with E-state index in [9.17, 15) is 4.39 Å². The Hall–Kier alpha value is -1.69. The summed E-state index contributed by atoms with van der Waals surface area (Å²) in [5.41, 5.74) is 0.594. The van der Waals surface area contributed by atoms with Gasteiger partial charge < -0.3 is 10.6 Å². The third-order valence-corrected chi connectivity index (χ3v) is 3.45. The van der Waals surface area contributed by atoms with Gasteiger partial charge in [0.1, 0.15) is 23.3 Å². The summed E-state index contributed by atoms with van der Waals surface area (Å²) in [4.78, 5) is 8.99. The molecule has 0 spiro atoms. The molecule has 21 heavy (non-hydrogen) atoms. The molecule has 2 rings (SSSR count). The average Bonchev–Trinajstić information content (AvgIpc) is 2.41. The highest BCUT2D eigenvalue weighted by Crippen LogP contribution is 2.26. The molecule has 1 aromatic heterocycles. The monoisotopic (exact) mass is 352 g/mol. The number of halogens is 2. The first-order valence-electron chi connectivity index (χ1n) is 6.59. The van der Waals surface area contributed by atoms with Gasteiger partial charge in [-0.3, -0.25) is 0 Å². The third kappa shape index (κ3) is 3.91. The third-order valence-electron chi connectivity index (χ3n) is 2.85. The molecule has 1 heterocycles. The van der Waals surface area contributed by atoms with Crippen LogP contribution in [0.2, 0.25) is 0 Å². The highest BCUT2D eigenvalue weighted by atomic mass is 79.9. The number of aromatic nitrogens is 2. The van der Waals surface area contributed by atoms with Crippen LogP contribution in [0.5, 0.6) is 0 Å². The van der Waals surface area contributed by atoms with Crippen molar-refractivity contribution in [1.29, 1.82) is 0 Å². The van der Waals surface area contributed by atoms with Crippen LogP contribution >= 0.6 is 15.9 Å². The standard InChI is InChI=1S/C15H18BrFN4/c1-15(2,3)14-20-12(18-4)8-13(21-14)19-9-5-6-11(17)10(16)7-9/h5-8H,1-4H3,(H2,18,19,20,21). The molecule has 0 unspecified atom stereocenters. The summed E-state index contributed by atoms with van der Waals surface area (Å²) >= 11 is 3.17. The van der Waals surface area contributed by atoms with Gasteiger partial charge in [-0.2, -0.15) is 0 Å². The first-order chi connectivity index (χ1) is 9.79. The molecule has 112 valence electrons. The summed E-state index contributed by atoms with van der Waals surface area (Å²) in [5, 5.41) is 6.20. The zero-order chi connectivity index (χ0) is 15.6. The van der Waals surface area contributed by atoms with Gasteiger partial charge in [0.05, 0.1) is 4.47 Å². The normalized spacial score (nSPS) is 11.3. The zero-order valence-corrected chi connectivity index (χ0v) is 14.0. The highest BCUT2D eigenvalue weighted by Gasteiger charge is 2.19. The lowest BCUT2D eigenvalue weighted by atomic mass is 9.96. The molecule has 0 saturated heterocycles. The van der Waals surface area contributed by atoms with Crippen molar-refractivity contribution in [1.82, 2.24) is 9.97 Å². The summed E-state index contributed by atoms with van der Waals surface area (Å²) in [6.45, 7) is 6.17. The van der Waals surface area contributed by atoms with Crippen LogP contribution < -0.4 is 10.6 Å². The minimum Gasteiger partial charge on any atom is -0.373 e. The van der Waals surface area contributed by atoms with Crippen molar-refractivity contribution in [3.8, 4) is 0 Å². The van der Waals surface area contributed by atoms with E-state index < -0.39 is 0 Å². The van der Waals surface area contributed by atoms with Crippen molar-refractivity contribution >= 4 is 33.3 Å². The van der Waals surface area contributed by atoms with Crippen molar-refractivity contribution in [2.24, 2.45) is 0 Å². The molecule has 0 aliphatic heterocycles. The van der Waals surface area contributed by atoms with Gasteiger partial charge in [-0.15, -0.1) is 0 Å². The molecule has 0 saturated carbocycles. The number of nitrogens with one attached hydrogen (secondary N) is 2. The smallest absolute Gasteiger partial charge is 0.138 e. The largest absolute Gasteiger partial charge is 0.373 e. The molecule has 0 bridgehead atoms. The highest BCUT2D eigenvalue weighted by molar-refractivity contribution is 9.10. The Morgan fingerprint density at radius 2 is 1.76 bits per heavy atom. The molecule has 0 aliphatic carbocycles. The summed E-state index contributed by atoms with van der Waals surface area (Å²) in [6.07, 6.45) is 0. The number of hydrogen-bond acceptors (Lipinski definition) is 4. The Morgan fingerprint density at radius 1 is 1.10 bits per heavy atom. The van der Waals surface area contributed by atoms with Gasteiger partial charge in [-0.05, 0) is 34.1 Å². The van der Waals surface area contributed by atoms with Crippen molar-refractivity contribution in [2.45, 2.75) is 26.2 Å². The van der Waals surface area contributed by atoms with Crippen LogP contribution in [0, 0.1) is 5.82 Å². The molecule has 0 amide bonds. The van der Waals surface area contributed by atoms with Crippen LogP contribution in [-0.2, 0) is 5.41 Å². The maximum Gasteiger partial charge on any atom is 0.138 e. The zero-order valence-electron chi connectivity index (χ0n) is 12.5. The quantitative estimate of drug-likeness (QED) is 0.855. The van der Waals surface area contributed by atoms with E-state index in [4.69, 9.17) is 0 Å². The summed E-state index contributed by atoms with van der Waals surface area (Å²) in [6, 6.07) is 6.55. The second-order valence-corrected chi connectivity index (χ2v) is 6.57. The van der Waals surface area contributed by atoms with Gasteiger partial charge in [0, 0.05) is 24.2 Å². The van der Waals surface area contributed by atoms with Crippen LogP contribution in [-0.4, -0.2) is 17.0 Å². The SMILES string of the molecule is CNc1cc(Nc2ccc(F)c(Br)c2)nc(C(C)(C)C)n1. The number of nitrogens with zero attached hydrogens (tertiary/aromatic N) is 2. The Morgan fingerprint density at radius 3 is 2.33 bits per heavy atom. The van der Waals surface area contributed by atoms with Crippen LogP contribution in [0.15, 0.2) is 28.7 Å². The van der Waals surface area contributed by atoms with Crippen molar-refractivity contribution in [3.63, 3.8) is 0 Å². The number of anilines is 3. The predicted octanol–water partition coefficient (Wildman–Crippen LogP) is 4.46. The second-order valence-electron chi connectivity index (χ2n) is 5.72. The van der Waals surface area contributed by atoms with Crippen molar-refractivity contribution in [3.05, 3.63) is 40.4 Å². The van der Waals surface area contributed by atoms with E-state index in [2.05, 4.69) is 57.3 Å². The molecule has 1 aromatic carbocycles. The molecule has 4 nitrogen and oxygen atoms in total. The molecule has 6 heteroatoms. The van der Waals surface area contributed by atoms with E-state index in [0.29, 0.717) is 10.3 Å². The summed E-state index contributed by atoms with van der Waals surface area (Å²) in [5.74, 6) is 1.84. The van der Waals surface area contributed by atoms with E-state index in [-0.39, 0.29) is 11.2 Å². The van der Waals surface area contributed by atoms with Crippen LogP contribution in [0.4, 0.5) is 21.7 Å². The molecule has 0 radical (unpaired) electrons. The van der Waals surface area contributed by atoms with Gasteiger partial charge in [-0.25, -0.2) is 14.4 Å². The topological polar surface area (TPSA) is 49.8 Å². The fourth-order valence-electron chi connectivity index (χ4n) is 1.70. The fraction of sp³-hybridized carbons (Fsp3) is 0.333. The number of benzene rings is 1. The van der Waals surface area contributed by atoms with E-state index >= 15 is 0 Å². The molecule has 0 atom stereocenters. The summed E-state index contributed by atoms with van der Waals surface area (Å²) < 4.78 is 13.7. The Kier molecular flexibility index (Phi) is 4.46. The van der Waals surface area contributed by atoms with E-state index in [1.807, 2.05) is 13.1 Å². The van der Waals surface area contributed by atoms with Crippen LogP contribution in [0.25, 0.3) is 0 Å². The maximum absolute atomic E-state index is 13.3. The first-order valence-corrected chi connectivity index (χ1v) is 7.38. The maximum atomic E-state index is 13.3. The molecule has 0 fully saturated rings. The number of rotatable bonds is 3. The van der Waals surface area contributed by atoms with Crippen molar-refractivity contribution in [2.75, 3.05) is 17.7 Å². The van der Waals surface area contributed by atoms with Gasteiger partial charge in [0.25, 0.3) is 0 Å². The van der Waals surface area contributed by atoms with Gasteiger partial charge in [0.2, 0.25) is 0 Å². The molecule has 2 N–H and O–H groups in total. The van der Waals surface area contributed by atoms with E-state index in [1.54, 1.807) is 12.1 Å². The molecular formula is C15H18BrFN4. The van der Waals surface area contributed by atoms with Crippen LogP contribution in [0.1, 0.15) is 26.6 Å². The minimum atomic E-state index is -0.297. The number of hydrogen-bond donors (Lipinski definition) is 2. The molecule has 2 aromatic rings. The van der Waals surface area contributed by atoms with Gasteiger partial charge >= 0.3 is 0 Å². The van der Waals surface area contributed by atoms with E-state index in [1.165, 1.54) is 6.07 Å². The Labute approximate surface area is 132 Å². The molecular weight excluding hydrogens is 335 g/mol. The van der Waals surface area contributed by atoms with Gasteiger partial charge in [-0.1, -0.05) is 20.8 Å². The van der Waals surface area contributed by atoms with Gasteiger partial charge in [0.15, 0.2) is 0 Å². The van der Waals surface area contributed by atoms with Crippen molar-refractivity contribution < 1.29 is 4.39 Å². The van der Waals surface area contributed by atoms with Crippen LogP contribution in [0.3, 0.4) is 0 Å². The fourth-order valence-corrected chi connectivity index (χ4v) is 2.08. The minimum absolute atomic E-state index is 0.160. The van der Waals surface area contributed by atoms with E-state index in [0.717, 1.165) is 17.3 Å². The molecule has 0 aliphatic rings. The summed E-state index contributed by atoms with van der Waals surface area (Å²) in [7, 11) is 1.81.